The van der Waals surface area contributed by atoms with Gasteiger partial charge in [-0.05, 0) is 48.5 Å². The number of ether oxygens (including phenoxy) is 6. The van der Waals surface area contributed by atoms with Gasteiger partial charge in [-0.2, -0.15) is 5.26 Å². The number of hydrogen-bond acceptors (Lipinski definition) is 10. The number of hydrogen-bond donors (Lipinski definition) is 1. The summed E-state index contributed by atoms with van der Waals surface area (Å²) in [7, 11) is 6.12. The van der Waals surface area contributed by atoms with Crippen molar-refractivity contribution in [3.05, 3.63) is 84.4 Å². The molecule has 0 unspecified atom stereocenters. The Labute approximate surface area is 224 Å². The molecule has 0 atom stereocenters. The fourth-order valence-corrected chi connectivity index (χ4v) is 3.04. The zero-order valence-electron chi connectivity index (χ0n) is 21.6. The normalized spacial score (nSPS) is 9.72. The molecule has 0 bridgehead atoms. The molecule has 0 amide bonds. The smallest absolute Gasteiger partial charge is 0.354 e. The Kier molecular flexibility index (Phi) is 9.87. The summed E-state index contributed by atoms with van der Waals surface area (Å²) in [6.45, 7) is 0. The third-order valence-electron chi connectivity index (χ3n) is 5.01. The van der Waals surface area contributed by atoms with Gasteiger partial charge in [-0.3, -0.25) is 0 Å². The van der Waals surface area contributed by atoms with Crippen LogP contribution in [0, 0.1) is 11.3 Å². The van der Waals surface area contributed by atoms with Gasteiger partial charge in [0, 0.05) is 12.1 Å². The molecule has 4 rings (SSSR count). The molecule has 11 heteroatoms. The summed E-state index contributed by atoms with van der Waals surface area (Å²) in [6, 6.07) is 18.9. The highest BCUT2D eigenvalue weighted by Crippen LogP contribution is 2.33. The van der Waals surface area contributed by atoms with E-state index in [4.69, 9.17) is 38.8 Å². The van der Waals surface area contributed by atoms with Crippen molar-refractivity contribution in [2.24, 2.45) is 0 Å². The highest BCUT2D eigenvalue weighted by molar-refractivity contribution is 5.86. The Balaban J connectivity index is 0.000000216. The SMILES string of the molecule is COc1ccc(Oc2cnc(C#N)cc2OC)cc1.COc1ccc(Oc2cnc(C(=O)O)cc2OC)cc1. The Bertz CT molecular complexity index is 1440. The maximum atomic E-state index is 10.8. The molecule has 0 radical (unpaired) electrons. The van der Waals surface area contributed by atoms with Gasteiger partial charge in [0.1, 0.15) is 34.8 Å². The number of rotatable bonds is 9. The van der Waals surface area contributed by atoms with Crippen LogP contribution in [0.3, 0.4) is 0 Å². The Morgan fingerprint density at radius 1 is 0.667 bits per heavy atom. The predicted octanol–water partition coefficient (Wildman–Crippen LogP) is 5.35. The summed E-state index contributed by atoms with van der Waals surface area (Å²) < 4.78 is 31.6. The maximum Gasteiger partial charge on any atom is 0.354 e. The van der Waals surface area contributed by atoms with Crippen LogP contribution in [0.15, 0.2) is 73.1 Å². The van der Waals surface area contributed by atoms with Crippen LogP contribution in [0.5, 0.6) is 46.0 Å². The Morgan fingerprint density at radius 2 is 1.10 bits per heavy atom. The number of methoxy groups -OCH3 is 4. The highest BCUT2D eigenvalue weighted by atomic mass is 16.5. The number of pyridine rings is 2. The maximum absolute atomic E-state index is 10.8. The predicted molar refractivity (Wildman–Crippen MR) is 139 cm³/mol. The summed E-state index contributed by atoms with van der Waals surface area (Å²) >= 11 is 0. The molecule has 0 saturated heterocycles. The lowest BCUT2D eigenvalue weighted by Gasteiger charge is -2.10. The van der Waals surface area contributed by atoms with E-state index in [-0.39, 0.29) is 11.4 Å². The fraction of sp³-hybridized carbons (Fsp3) is 0.143. The third kappa shape index (κ3) is 7.74. The topological polar surface area (TPSA) is 142 Å². The number of benzene rings is 2. The quantitative estimate of drug-likeness (QED) is 0.298. The van der Waals surface area contributed by atoms with Gasteiger partial charge in [0.2, 0.25) is 0 Å². The number of aromatic carboxylic acids is 1. The van der Waals surface area contributed by atoms with E-state index in [1.165, 1.54) is 38.7 Å². The lowest BCUT2D eigenvalue weighted by atomic mass is 10.3. The lowest BCUT2D eigenvalue weighted by molar-refractivity contribution is 0.0690. The van der Waals surface area contributed by atoms with E-state index in [2.05, 4.69) is 9.97 Å². The fourth-order valence-electron chi connectivity index (χ4n) is 3.04. The number of nitriles is 1. The van der Waals surface area contributed by atoms with Crippen molar-refractivity contribution < 1.29 is 38.3 Å². The average Bonchev–Trinajstić information content (AvgIpc) is 2.98. The van der Waals surface area contributed by atoms with Crippen molar-refractivity contribution in [2.75, 3.05) is 28.4 Å². The largest absolute Gasteiger partial charge is 0.497 e. The number of nitrogens with zero attached hydrogens (tertiary/aromatic N) is 3. The summed E-state index contributed by atoms with van der Waals surface area (Å²) in [6.07, 6.45) is 2.77. The van der Waals surface area contributed by atoms with E-state index in [0.717, 1.165) is 5.75 Å². The standard InChI is InChI=1S/C14H12N2O3.C14H13NO5/c1-17-11-3-5-12(6-4-11)19-14-9-16-10(8-15)7-13(14)18-2;1-18-9-3-5-10(6-4-9)20-13-8-15-11(14(16)17)7-12(13)19-2/h3-7,9H,1-2H3;3-8H,1-2H3,(H,16,17). The van der Waals surface area contributed by atoms with Gasteiger partial charge in [0.25, 0.3) is 0 Å². The molecule has 11 nitrogen and oxygen atoms in total. The van der Waals surface area contributed by atoms with Crippen LogP contribution in [0.1, 0.15) is 16.2 Å². The van der Waals surface area contributed by atoms with Crippen molar-refractivity contribution in [3.8, 4) is 52.1 Å². The molecule has 0 aliphatic heterocycles. The molecular weight excluding hydrogens is 506 g/mol. The minimum Gasteiger partial charge on any atom is -0.497 e. The van der Waals surface area contributed by atoms with E-state index in [9.17, 15) is 4.79 Å². The van der Waals surface area contributed by atoms with E-state index in [1.54, 1.807) is 62.8 Å². The molecule has 0 fully saturated rings. The summed E-state index contributed by atoms with van der Waals surface area (Å²) in [5.41, 5.74) is 0.169. The van der Waals surface area contributed by atoms with Crippen LogP contribution in [-0.4, -0.2) is 49.5 Å². The highest BCUT2D eigenvalue weighted by Gasteiger charge is 2.12. The second-order valence-electron chi connectivity index (χ2n) is 7.41. The van der Waals surface area contributed by atoms with E-state index in [1.807, 2.05) is 6.07 Å². The van der Waals surface area contributed by atoms with E-state index < -0.39 is 5.97 Å². The van der Waals surface area contributed by atoms with Gasteiger partial charge in [-0.15, -0.1) is 0 Å². The van der Waals surface area contributed by atoms with Crippen molar-refractivity contribution in [3.63, 3.8) is 0 Å². The molecular formula is C28H25N3O8. The minimum absolute atomic E-state index is 0.107. The second kappa shape index (κ2) is 13.7. The van der Waals surface area contributed by atoms with Gasteiger partial charge in [0.15, 0.2) is 28.7 Å². The summed E-state index contributed by atoms with van der Waals surface area (Å²) in [5.74, 6) is 3.07. The molecule has 0 spiro atoms. The molecule has 0 aliphatic carbocycles. The number of aromatic nitrogens is 2. The Morgan fingerprint density at radius 3 is 1.51 bits per heavy atom. The van der Waals surface area contributed by atoms with Gasteiger partial charge in [-0.25, -0.2) is 14.8 Å². The van der Waals surface area contributed by atoms with Crippen molar-refractivity contribution >= 4 is 5.97 Å². The van der Waals surface area contributed by atoms with Gasteiger partial charge in [0.05, 0.1) is 40.8 Å². The van der Waals surface area contributed by atoms with Crippen molar-refractivity contribution in [1.82, 2.24) is 9.97 Å². The first-order valence-electron chi connectivity index (χ1n) is 11.3. The summed E-state index contributed by atoms with van der Waals surface area (Å²) in [4.78, 5) is 18.6. The van der Waals surface area contributed by atoms with Crippen LogP contribution in [0.2, 0.25) is 0 Å². The second-order valence-corrected chi connectivity index (χ2v) is 7.41. The zero-order chi connectivity index (χ0) is 28.2. The molecule has 1 N–H and O–H groups in total. The van der Waals surface area contributed by atoms with Crippen molar-refractivity contribution in [1.29, 1.82) is 5.26 Å². The van der Waals surface area contributed by atoms with Crippen LogP contribution in [0.4, 0.5) is 0 Å². The first-order chi connectivity index (χ1) is 18.9. The first-order valence-corrected chi connectivity index (χ1v) is 11.3. The van der Waals surface area contributed by atoms with Crippen molar-refractivity contribution in [2.45, 2.75) is 0 Å². The zero-order valence-corrected chi connectivity index (χ0v) is 21.6. The molecule has 2 aromatic heterocycles. The minimum atomic E-state index is -1.13. The lowest BCUT2D eigenvalue weighted by Crippen LogP contribution is -2.01. The van der Waals surface area contributed by atoms with E-state index >= 15 is 0 Å². The average molecular weight is 532 g/mol. The molecule has 0 saturated carbocycles. The molecule has 2 heterocycles. The number of carboxylic acid groups (broad SMARTS) is 1. The molecule has 0 aliphatic rings. The number of carbonyl (C=O) groups is 1. The summed E-state index contributed by atoms with van der Waals surface area (Å²) in [5, 5.41) is 17.6. The monoisotopic (exact) mass is 531 g/mol. The molecule has 2 aromatic carbocycles. The number of carboxylic acids is 1. The third-order valence-corrected chi connectivity index (χ3v) is 5.01. The van der Waals surface area contributed by atoms with Gasteiger partial charge in [-0.1, -0.05) is 0 Å². The molecule has 39 heavy (non-hydrogen) atoms. The molecule has 4 aromatic rings. The van der Waals surface area contributed by atoms with E-state index in [0.29, 0.717) is 40.2 Å². The van der Waals surface area contributed by atoms with Crippen LogP contribution in [0.25, 0.3) is 0 Å². The van der Waals surface area contributed by atoms with Crippen LogP contribution in [-0.2, 0) is 0 Å². The molecule has 200 valence electrons. The first kappa shape index (κ1) is 28.1. The Hall–Kier alpha value is -5.50. The van der Waals surface area contributed by atoms with Crippen LogP contribution >= 0.6 is 0 Å². The van der Waals surface area contributed by atoms with Gasteiger partial charge < -0.3 is 33.5 Å². The van der Waals surface area contributed by atoms with Crippen LogP contribution < -0.4 is 28.4 Å². The van der Waals surface area contributed by atoms with Gasteiger partial charge >= 0.3 is 5.97 Å².